The van der Waals surface area contributed by atoms with Crippen LogP contribution in [0, 0.1) is 0 Å². The van der Waals surface area contributed by atoms with Crippen molar-refractivity contribution in [1.29, 1.82) is 0 Å². The van der Waals surface area contributed by atoms with Gasteiger partial charge < -0.3 is 14.6 Å². The molecule has 0 saturated carbocycles. The molecule has 3 aromatic heterocycles. The Morgan fingerprint density at radius 3 is 2.31 bits per heavy atom. The molecule has 3 aromatic rings. The number of methoxy groups -OCH3 is 2. The summed E-state index contributed by atoms with van der Waals surface area (Å²) in [4.78, 5) is 57.1. The Morgan fingerprint density at radius 1 is 1.03 bits per heavy atom. The molecule has 0 spiro atoms. The molecule has 0 amide bonds. The molecule has 0 aliphatic carbocycles. The number of carbonyl (C=O) groups is 2. The van der Waals surface area contributed by atoms with Crippen LogP contribution in [0.4, 0.5) is 11.6 Å². The molecule has 0 unspecified atom stereocenters. The SMILES string of the molecule is COC(=O)c1nc(N=Nc2c(O)n(C)c(=O)n(C)c2=O)n(-c2ccccn2)c1C(=O)OC. The van der Waals surface area contributed by atoms with E-state index in [0.717, 1.165) is 27.9 Å². The lowest BCUT2D eigenvalue weighted by Crippen LogP contribution is -2.36. The number of carbonyl (C=O) groups excluding carboxylic acids is 2. The van der Waals surface area contributed by atoms with Crippen LogP contribution < -0.4 is 11.2 Å². The highest BCUT2D eigenvalue weighted by atomic mass is 16.5. The zero-order valence-corrected chi connectivity index (χ0v) is 17.3. The minimum Gasteiger partial charge on any atom is -0.493 e. The average molecular weight is 443 g/mol. The fourth-order valence-corrected chi connectivity index (χ4v) is 2.70. The van der Waals surface area contributed by atoms with Crippen LogP contribution in [0.2, 0.25) is 0 Å². The standard InChI is InChI=1S/C18H17N7O7/c1-23-13(26)11(14(27)24(2)18(23)30)21-22-17-20-10(15(28)31-3)12(16(29)32-4)25(17)9-7-5-6-8-19-9/h5-8,26H,1-4H3. The molecule has 0 fully saturated rings. The number of imidazole rings is 1. The monoisotopic (exact) mass is 443 g/mol. The molecule has 166 valence electrons. The van der Waals surface area contributed by atoms with Gasteiger partial charge in [-0.1, -0.05) is 6.07 Å². The molecule has 0 bridgehead atoms. The topological polar surface area (TPSA) is 172 Å². The molecule has 3 heterocycles. The van der Waals surface area contributed by atoms with E-state index in [1.54, 1.807) is 12.1 Å². The van der Waals surface area contributed by atoms with Crippen LogP contribution in [-0.4, -0.2) is 54.9 Å². The summed E-state index contributed by atoms with van der Waals surface area (Å²) in [7, 11) is 4.63. The quantitative estimate of drug-likeness (QED) is 0.431. The highest BCUT2D eigenvalue weighted by Crippen LogP contribution is 2.27. The van der Waals surface area contributed by atoms with Crippen molar-refractivity contribution in [1.82, 2.24) is 23.7 Å². The van der Waals surface area contributed by atoms with Crippen molar-refractivity contribution in [3.8, 4) is 11.7 Å². The van der Waals surface area contributed by atoms with E-state index in [-0.39, 0.29) is 17.5 Å². The Labute approximate surface area is 179 Å². The van der Waals surface area contributed by atoms with Crippen LogP contribution in [0.15, 0.2) is 44.2 Å². The molecule has 1 N–H and O–H groups in total. The Hall–Kier alpha value is -4.62. The van der Waals surface area contributed by atoms with Crippen molar-refractivity contribution in [2.75, 3.05) is 14.2 Å². The first-order valence-corrected chi connectivity index (χ1v) is 8.84. The lowest BCUT2D eigenvalue weighted by molar-refractivity contribution is 0.0546. The smallest absolute Gasteiger partial charge is 0.359 e. The van der Waals surface area contributed by atoms with Crippen molar-refractivity contribution >= 4 is 23.6 Å². The number of pyridine rings is 1. The van der Waals surface area contributed by atoms with Crippen molar-refractivity contribution in [3.05, 3.63) is 56.6 Å². The molecule has 14 nitrogen and oxygen atoms in total. The van der Waals surface area contributed by atoms with Crippen molar-refractivity contribution < 1.29 is 24.2 Å². The fraction of sp³-hybridized carbons (Fsp3) is 0.222. The third-order valence-corrected chi connectivity index (χ3v) is 4.35. The van der Waals surface area contributed by atoms with E-state index >= 15 is 0 Å². The van der Waals surface area contributed by atoms with Crippen molar-refractivity contribution in [2.24, 2.45) is 24.3 Å². The molecule has 0 saturated heterocycles. The largest absolute Gasteiger partial charge is 0.493 e. The second kappa shape index (κ2) is 8.63. The lowest BCUT2D eigenvalue weighted by atomic mass is 10.3. The molecule has 0 radical (unpaired) electrons. The molecule has 0 aliphatic rings. The average Bonchev–Trinajstić information content (AvgIpc) is 3.20. The maximum absolute atomic E-state index is 12.4. The van der Waals surface area contributed by atoms with Gasteiger partial charge in [-0.05, 0) is 12.1 Å². The molecular weight excluding hydrogens is 426 g/mol. The number of hydrogen-bond acceptors (Lipinski definition) is 11. The summed E-state index contributed by atoms with van der Waals surface area (Å²) >= 11 is 0. The van der Waals surface area contributed by atoms with Crippen molar-refractivity contribution in [3.63, 3.8) is 0 Å². The second-order valence-corrected chi connectivity index (χ2v) is 6.19. The van der Waals surface area contributed by atoms with E-state index < -0.39 is 40.4 Å². The number of esters is 2. The molecule has 14 heteroatoms. The van der Waals surface area contributed by atoms with Gasteiger partial charge in [0.05, 0.1) is 14.2 Å². The van der Waals surface area contributed by atoms with Gasteiger partial charge in [-0.25, -0.2) is 24.4 Å². The first-order valence-electron chi connectivity index (χ1n) is 8.84. The molecule has 3 rings (SSSR count). The lowest BCUT2D eigenvalue weighted by Gasteiger charge is -2.08. The first kappa shape index (κ1) is 22.1. The number of hydrogen-bond donors (Lipinski definition) is 1. The zero-order chi connectivity index (χ0) is 23.6. The second-order valence-electron chi connectivity index (χ2n) is 6.19. The van der Waals surface area contributed by atoms with Crippen LogP contribution in [0.5, 0.6) is 5.88 Å². The van der Waals surface area contributed by atoms with Crippen LogP contribution in [0.1, 0.15) is 21.0 Å². The van der Waals surface area contributed by atoms with E-state index in [0.29, 0.717) is 0 Å². The number of aromatic nitrogens is 5. The third-order valence-electron chi connectivity index (χ3n) is 4.35. The minimum absolute atomic E-state index is 0.127. The Bertz CT molecular complexity index is 1350. The number of ether oxygens (including phenoxy) is 2. The Balaban J connectivity index is 2.32. The number of aromatic hydroxyl groups is 1. The normalized spacial score (nSPS) is 11.0. The summed E-state index contributed by atoms with van der Waals surface area (Å²) in [6, 6.07) is 4.72. The van der Waals surface area contributed by atoms with Gasteiger partial charge in [0.15, 0.2) is 11.4 Å². The van der Waals surface area contributed by atoms with E-state index in [1.807, 2.05) is 0 Å². The van der Waals surface area contributed by atoms with Gasteiger partial charge in [0.2, 0.25) is 11.6 Å². The van der Waals surface area contributed by atoms with Gasteiger partial charge in [-0.15, -0.1) is 10.2 Å². The minimum atomic E-state index is -0.961. The molecule has 0 aromatic carbocycles. The summed E-state index contributed by atoms with van der Waals surface area (Å²) < 4.78 is 12.0. The summed E-state index contributed by atoms with van der Waals surface area (Å²) in [5.41, 5.74) is -3.04. The highest BCUT2D eigenvalue weighted by Gasteiger charge is 2.30. The molecule has 0 atom stereocenters. The summed E-state index contributed by atoms with van der Waals surface area (Å²) in [5, 5.41) is 17.7. The van der Waals surface area contributed by atoms with Crippen LogP contribution in [0.3, 0.4) is 0 Å². The molecule has 0 aliphatic heterocycles. The number of rotatable bonds is 5. The van der Waals surface area contributed by atoms with Gasteiger partial charge in [0, 0.05) is 20.3 Å². The van der Waals surface area contributed by atoms with E-state index in [9.17, 15) is 24.3 Å². The van der Waals surface area contributed by atoms with E-state index in [4.69, 9.17) is 4.74 Å². The first-order chi connectivity index (χ1) is 15.2. The van der Waals surface area contributed by atoms with Gasteiger partial charge >= 0.3 is 17.6 Å². The highest BCUT2D eigenvalue weighted by molar-refractivity contribution is 6.01. The fourth-order valence-electron chi connectivity index (χ4n) is 2.70. The molecular formula is C18H17N7O7. The predicted octanol–water partition coefficient (Wildman–Crippen LogP) is 0.359. The maximum Gasteiger partial charge on any atom is 0.359 e. The summed E-state index contributed by atoms with van der Waals surface area (Å²) in [6.45, 7) is 0. The van der Waals surface area contributed by atoms with Crippen molar-refractivity contribution in [2.45, 2.75) is 0 Å². The number of azo groups is 1. The van der Waals surface area contributed by atoms with Crippen LogP contribution >= 0.6 is 0 Å². The van der Waals surface area contributed by atoms with E-state index in [1.165, 1.54) is 26.4 Å². The van der Waals surface area contributed by atoms with Crippen LogP contribution in [0.25, 0.3) is 5.82 Å². The summed E-state index contributed by atoms with van der Waals surface area (Å²) in [6.07, 6.45) is 1.42. The van der Waals surface area contributed by atoms with Gasteiger partial charge in [-0.3, -0.25) is 18.5 Å². The number of nitrogens with zero attached hydrogens (tertiary/aromatic N) is 7. The molecule has 32 heavy (non-hydrogen) atoms. The Kier molecular flexibility index (Phi) is 5.95. The predicted molar refractivity (Wildman–Crippen MR) is 107 cm³/mol. The third kappa shape index (κ3) is 3.64. The van der Waals surface area contributed by atoms with Gasteiger partial charge in [-0.2, -0.15) is 0 Å². The van der Waals surface area contributed by atoms with Crippen LogP contribution in [-0.2, 0) is 23.6 Å². The van der Waals surface area contributed by atoms with Gasteiger partial charge in [0.25, 0.3) is 11.5 Å². The van der Waals surface area contributed by atoms with Gasteiger partial charge in [0.1, 0.15) is 5.82 Å². The Morgan fingerprint density at radius 2 is 1.72 bits per heavy atom. The summed E-state index contributed by atoms with van der Waals surface area (Å²) in [5.74, 6) is -2.86. The maximum atomic E-state index is 12.4. The zero-order valence-electron chi connectivity index (χ0n) is 17.3. The van der Waals surface area contributed by atoms with E-state index in [2.05, 4.69) is 24.9 Å².